The van der Waals surface area contributed by atoms with E-state index in [1.165, 1.54) is 51.4 Å². The molecule has 166 valence electrons. The van der Waals surface area contributed by atoms with Gasteiger partial charge in [0.1, 0.15) is 5.67 Å². The highest BCUT2D eigenvalue weighted by Crippen LogP contribution is 2.64. The first-order valence-electron chi connectivity index (χ1n) is 12.6. The lowest BCUT2D eigenvalue weighted by Crippen LogP contribution is -2.47. The van der Waals surface area contributed by atoms with Crippen molar-refractivity contribution in [3.63, 3.8) is 0 Å². The van der Waals surface area contributed by atoms with Crippen molar-refractivity contribution in [1.82, 2.24) is 0 Å². The molecule has 2 heteroatoms. The molecule has 7 unspecified atom stereocenters. The fourth-order valence-electron chi connectivity index (χ4n) is 8.06. The predicted octanol–water partition coefficient (Wildman–Crippen LogP) is 7.48. The Hall–Kier alpha value is -0.370. The van der Waals surface area contributed by atoms with E-state index in [4.69, 9.17) is 0 Å². The van der Waals surface area contributed by atoms with Crippen LogP contribution in [-0.4, -0.2) is 16.4 Å². The zero-order valence-corrected chi connectivity index (χ0v) is 19.6. The number of aliphatic hydroxyl groups is 1. The van der Waals surface area contributed by atoms with Crippen molar-refractivity contribution in [2.75, 3.05) is 0 Å². The molecule has 0 aromatic rings. The summed E-state index contributed by atoms with van der Waals surface area (Å²) in [5.41, 5.74) is 0.587. The normalized spacial score (nSPS) is 45.8. The van der Waals surface area contributed by atoms with E-state index in [9.17, 15) is 9.50 Å². The summed E-state index contributed by atoms with van der Waals surface area (Å²) in [6.45, 7) is 10.2. The lowest BCUT2D eigenvalue weighted by Gasteiger charge is -2.54. The van der Waals surface area contributed by atoms with E-state index in [1.807, 2.05) is 6.92 Å². The molecule has 0 saturated heterocycles. The largest absolute Gasteiger partial charge is 0.390 e. The molecule has 0 aromatic heterocycles. The number of halogens is 1. The molecule has 4 aliphatic rings. The number of rotatable bonds is 5. The average molecular weight is 405 g/mol. The highest BCUT2D eigenvalue weighted by atomic mass is 19.1. The molecule has 0 aliphatic heterocycles. The Labute approximate surface area is 178 Å². The molecule has 1 nitrogen and oxygen atoms in total. The minimum Gasteiger partial charge on any atom is -0.390 e. The maximum absolute atomic E-state index is 14.2. The van der Waals surface area contributed by atoms with Crippen molar-refractivity contribution >= 4 is 0 Å². The van der Waals surface area contributed by atoms with Gasteiger partial charge in [0.15, 0.2) is 0 Å². The number of fused-ring (bicyclic) bond motifs is 5. The molecule has 0 bridgehead atoms. The Bertz CT molecular complexity index is 629. The summed E-state index contributed by atoms with van der Waals surface area (Å²) in [5.74, 6) is 4.40. The van der Waals surface area contributed by atoms with Gasteiger partial charge in [0, 0.05) is 0 Å². The first-order valence-corrected chi connectivity index (χ1v) is 12.6. The van der Waals surface area contributed by atoms with Crippen LogP contribution in [0.3, 0.4) is 0 Å². The smallest absolute Gasteiger partial charge is 0.108 e. The maximum Gasteiger partial charge on any atom is 0.108 e. The number of alkyl halides is 1. The van der Waals surface area contributed by atoms with Crippen LogP contribution in [0.25, 0.3) is 0 Å². The number of hydrogen-bond donors (Lipinski definition) is 1. The van der Waals surface area contributed by atoms with Crippen LogP contribution in [0.4, 0.5) is 4.39 Å². The highest BCUT2D eigenvalue weighted by Gasteiger charge is 2.55. The van der Waals surface area contributed by atoms with Gasteiger partial charge in [-0.2, -0.15) is 0 Å². The fraction of sp³-hybridized carbons (Fsp3) is 0.926. The monoisotopic (exact) mass is 404 g/mol. The molecule has 1 N–H and O–H groups in total. The summed E-state index contributed by atoms with van der Waals surface area (Å²) in [6.07, 6.45) is 16.0. The van der Waals surface area contributed by atoms with E-state index in [2.05, 4.69) is 19.9 Å². The minimum absolute atomic E-state index is 0.161. The predicted molar refractivity (Wildman–Crippen MR) is 119 cm³/mol. The van der Waals surface area contributed by atoms with Crippen molar-refractivity contribution in [3.05, 3.63) is 11.6 Å². The lowest BCUT2D eigenvalue weighted by atomic mass is 9.51. The van der Waals surface area contributed by atoms with Crippen LogP contribution in [0.2, 0.25) is 0 Å². The maximum atomic E-state index is 14.2. The SMILES string of the molecule is CC(CCCC1CCC2C3CC=C4C[C@@](C)(O)CCC4C3CCC12C)C(C)(C)F. The molecule has 8 atom stereocenters. The standard InChI is InChI=1S/C27H45FO/c1-18(25(2,3)28)7-6-8-20-10-12-24-23-11-9-19-17-26(4,29)15-13-21(19)22(23)14-16-27(20,24)5/h9,18,20-24,29H,6-8,10-17H2,1-5H3/t18?,20?,21?,22?,23?,24?,26-,27?/m0/s1. The van der Waals surface area contributed by atoms with Crippen LogP contribution in [0.5, 0.6) is 0 Å². The highest BCUT2D eigenvalue weighted by molar-refractivity contribution is 5.21. The molecular formula is C27H45FO. The number of allylic oxidation sites excluding steroid dienone is 1. The molecule has 3 fully saturated rings. The molecule has 29 heavy (non-hydrogen) atoms. The third-order valence-electron chi connectivity index (χ3n) is 10.3. The van der Waals surface area contributed by atoms with Gasteiger partial charge in [-0.1, -0.05) is 31.9 Å². The van der Waals surface area contributed by atoms with E-state index in [0.717, 1.165) is 48.9 Å². The molecular weight excluding hydrogens is 359 g/mol. The van der Waals surface area contributed by atoms with Gasteiger partial charge >= 0.3 is 0 Å². The second-order valence-corrected chi connectivity index (χ2v) is 12.5. The van der Waals surface area contributed by atoms with Gasteiger partial charge in [-0.3, -0.25) is 0 Å². The van der Waals surface area contributed by atoms with Gasteiger partial charge < -0.3 is 5.11 Å². The molecule has 0 spiro atoms. The fourth-order valence-corrected chi connectivity index (χ4v) is 8.06. The third kappa shape index (κ3) is 4.09. The van der Waals surface area contributed by atoms with E-state index < -0.39 is 11.3 Å². The van der Waals surface area contributed by atoms with Crippen molar-refractivity contribution in [1.29, 1.82) is 0 Å². The van der Waals surface area contributed by atoms with E-state index in [-0.39, 0.29) is 5.92 Å². The van der Waals surface area contributed by atoms with Gasteiger partial charge in [-0.05, 0) is 126 Å². The quantitative estimate of drug-likeness (QED) is 0.471. The van der Waals surface area contributed by atoms with Crippen molar-refractivity contribution in [2.24, 2.45) is 40.9 Å². The first kappa shape index (κ1) is 21.8. The van der Waals surface area contributed by atoms with Crippen LogP contribution >= 0.6 is 0 Å². The topological polar surface area (TPSA) is 20.2 Å². The Morgan fingerprint density at radius 1 is 1.14 bits per heavy atom. The average Bonchev–Trinajstić information content (AvgIpc) is 2.96. The summed E-state index contributed by atoms with van der Waals surface area (Å²) >= 11 is 0. The van der Waals surface area contributed by atoms with Crippen molar-refractivity contribution in [3.8, 4) is 0 Å². The molecule has 0 heterocycles. The summed E-state index contributed by atoms with van der Waals surface area (Å²) in [6, 6.07) is 0. The van der Waals surface area contributed by atoms with Crippen LogP contribution in [-0.2, 0) is 0 Å². The lowest BCUT2D eigenvalue weighted by molar-refractivity contribution is -0.0343. The van der Waals surface area contributed by atoms with Gasteiger partial charge in [0.25, 0.3) is 0 Å². The zero-order chi connectivity index (χ0) is 21.0. The Morgan fingerprint density at radius 2 is 1.90 bits per heavy atom. The van der Waals surface area contributed by atoms with Crippen molar-refractivity contribution < 1.29 is 9.50 Å². The van der Waals surface area contributed by atoms with Crippen LogP contribution in [0.15, 0.2) is 11.6 Å². The Kier molecular flexibility index (Phi) is 5.76. The second-order valence-electron chi connectivity index (χ2n) is 12.5. The van der Waals surface area contributed by atoms with Crippen molar-refractivity contribution in [2.45, 2.75) is 117 Å². The van der Waals surface area contributed by atoms with Gasteiger partial charge in [-0.25, -0.2) is 4.39 Å². The number of hydrogen-bond acceptors (Lipinski definition) is 1. The molecule has 4 aliphatic carbocycles. The Morgan fingerprint density at radius 3 is 2.62 bits per heavy atom. The van der Waals surface area contributed by atoms with E-state index >= 15 is 0 Å². The van der Waals surface area contributed by atoms with E-state index in [1.54, 1.807) is 19.4 Å². The summed E-state index contributed by atoms with van der Waals surface area (Å²) in [5, 5.41) is 10.5. The minimum atomic E-state index is -1.04. The second kappa shape index (κ2) is 7.64. The van der Waals surface area contributed by atoms with Crippen LogP contribution in [0.1, 0.15) is 105 Å². The van der Waals surface area contributed by atoms with Gasteiger partial charge in [0.2, 0.25) is 0 Å². The molecule has 4 rings (SSSR count). The molecule has 3 saturated carbocycles. The molecule has 0 aromatic carbocycles. The van der Waals surface area contributed by atoms with Gasteiger partial charge in [-0.15, -0.1) is 0 Å². The zero-order valence-electron chi connectivity index (χ0n) is 19.6. The summed E-state index contributed by atoms with van der Waals surface area (Å²) in [7, 11) is 0. The molecule has 0 radical (unpaired) electrons. The molecule has 0 amide bonds. The summed E-state index contributed by atoms with van der Waals surface area (Å²) in [4.78, 5) is 0. The summed E-state index contributed by atoms with van der Waals surface area (Å²) < 4.78 is 14.2. The van der Waals surface area contributed by atoms with Gasteiger partial charge in [0.05, 0.1) is 5.60 Å². The van der Waals surface area contributed by atoms with E-state index in [0.29, 0.717) is 5.41 Å². The third-order valence-corrected chi connectivity index (χ3v) is 10.3. The van der Waals surface area contributed by atoms with Crippen LogP contribution in [0, 0.1) is 40.9 Å². The first-order chi connectivity index (χ1) is 13.5. The Balaban J connectivity index is 1.40. The van der Waals surface area contributed by atoms with Crippen LogP contribution < -0.4 is 0 Å².